The van der Waals surface area contributed by atoms with E-state index in [1.807, 2.05) is 23.1 Å². The number of ether oxygens (including phenoxy) is 1. The van der Waals surface area contributed by atoms with Crippen LogP contribution in [0.15, 0.2) is 47.0 Å². The molecule has 2 aromatic carbocycles. The summed E-state index contributed by atoms with van der Waals surface area (Å²) < 4.78 is 24.1. The van der Waals surface area contributed by atoms with Gasteiger partial charge in [0.1, 0.15) is 11.6 Å². The maximum absolute atomic E-state index is 13.2. The van der Waals surface area contributed by atoms with Gasteiger partial charge in [-0.25, -0.2) is 4.39 Å². The van der Waals surface area contributed by atoms with Crippen molar-refractivity contribution in [3.05, 3.63) is 59.7 Å². The molecule has 0 N–H and O–H groups in total. The predicted molar refractivity (Wildman–Crippen MR) is 122 cm³/mol. The number of carbonyl (C=O) groups excluding carboxylic acids is 1. The van der Waals surface area contributed by atoms with Gasteiger partial charge in [0.2, 0.25) is 17.6 Å². The van der Waals surface area contributed by atoms with Crippen LogP contribution in [0.25, 0.3) is 11.4 Å². The van der Waals surface area contributed by atoms with Gasteiger partial charge < -0.3 is 14.2 Å². The third-order valence-electron chi connectivity index (χ3n) is 6.46. The molecule has 1 fully saturated rings. The predicted octanol–water partition coefficient (Wildman–Crippen LogP) is 4.04. The van der Waals surface area contributed by atoms with Crippen LogP contribution in [-0.4, -0.2) is 54.2 Å². The Hall–Kier alpha value is -3.26. The number of hydrogen-bond acceptors (Lipinski definition) is 6. The van der Waals surface area contributed by atoms with E-state index in [0.717, 1.165) is 61.3 Å². The van der Waals surface area contributed by atoms with Crippen molar-refractivity contribution >= 4 is 11.6 Å². The molecule has 2 aliphatic heterocycles. The third kappa shape index (κ3) is 4.61. The molecule has 0 radical (unpaired) electrons. The lowest BCUT2D eigenvalue weighted by molar-refractivity contribution is -0.120. The lowest BCUT2D eigenvalue weighted by Crippen LogP contribution is -2.45. The number of nitrogens with zero attached hydrogens (tertiary/aromatic N) is 4. The molecule has 1 amide bonds. The molecular formula is C25H27FN4O3. The Morgan fingerprint density at radius 3 is 2.85 bits per heavy atom. The summed E-state index contributed by atoms with van der Waals surface area (Å²) >= 11 is 0. The van der Waals surface area contributed by atoms with Gasteiger partial charge in [-0.3, -0.25) is 9.69 Å². The Balaban J connectivity index is 1.25. The molecule has 2 aliphatic rings. The van der Waals surface area contributed by atoms with Gasteiger partial charge in [0, 0.05) is 24.3 Å². The lowest BCUT2D eigenvalue weighted by Gasteiger charge is -2.34. The van der Waals surface area contributed by atoms with E-state index in [4.69, 9.17) is 9.26 Å². The first-order valence-electron chi connectivity index (χ1n) is 11.4. The maximum atomic E-state index is 13.2. The molecule has 1 atom stereocenters. The van der Waals surface area contributed by atoms with Gasteiger partial charge >= 0.3 is 0 Å². The highest BCUT2D eigenvalue weighted by Gasteiger charge is 2.30. The molecule has 8 heteroatoms. The molecule has 1 aromatic heterocycles. The van der Waals surface area contributed by atoms with Crippen molar-refractivity contribution in [2.75, 3.05) is 38.2 Å². The van der Waals surface area contributed by atoms with E-state index in [9.17, 15) is 9.18 Å². The summed E-state index contributed by atoms with van der Waals surface area (Å²) in [5, 5.41) is 4.08. The smallest absolute Gasteiger partial charge is 0.241 e. The molecule has 0 aliphatic carbocycles. The summed E-state index contributed by atoms with van der Waals surface area (Å²) in [4.78, 5) is 21.8. The summed E-state index contributed by atoms with van der Waals surface area (Å²) in [5.74, 6) is 1.73. The van der Waals surface area contributed by atoms with Gasteiger partial charge in [0.15, 0.2) is 0 Å². The van der Waals surface area contributed by atoms with E-state index >= 15 is 0 Å². The second kappa shape index (κ2) is 9.31. The minimum atomic E-state index is -0.300. The van der Waals surface area contributed by atoms with Crippen LogP contribution in [0.5, 0.6) is 5.75 Å². The number of rotatable bonds is 5. The van der Waals surface area contributed by atoms with Gasteiger partial charge in [0.25, 0.3) is 0 Å². The van der Waals surface area contributed by atoms with Gasteiger partial charge in [0.05, 0.1) is 19.6 Å². The van der Waals surface area contributed by atoms with Crippen molar-refractivity contribution in [2.24, 2.45) is 0 Å². The fourth-order valence-electron chi connectivity index (χ4n) is 4.75. The van der Waals surface area contributed by atoms with Crippen molar-refractivity contribution in [3.63, 3.8) is 0 Å². The zero-order valence-electron chi connectivity index (χ0n) is 18.7. The summed E-state index contributed by atoms with van der Waals surface area (Å²) in [6.45, 7) is 2.66. The normalized spacial score (nSPS) is 18.7. The lowest BCUT2D eigenvalue weighted by atomic mass is 9.97. The number of carbonyl (C=O) groups is 1. The highest BCUT2D eigenvalue weighted by atomic mass is 19.1. The van der Waals surface area contributed by atoms with Crippen molar-refractivity contribution in [1.29, 1.82) is 0 Å². The van der Waals surface area contributed by atoms with Crippen molar-refractivity contribution in [2.45, 2.75) is 31.6 Å². The zero-order valence-corrected chi connectivity index (χ0v) is 18.7. The van der Waals surface area contributed by atoms with Gasteiger partial charge in [-0.15, -0.1) is 0 Å². The van der Waals surface area contributed by atoms with Crippen LogP contribution in [0.1, 0.15) is 36.6 Å². The van der Waals surface area contributed by atoms with Crippen molar-refractivity contribution in [1.82, 2.24) is 15.0 Å². The topological polar surface area (TPSA) is 71.7 Å². The number of aryl methyl sites for hydroxylation is 1. The number of benzene rings is 2. The number of piperidine rings is 1. The van der Waals surface area contributed by atoms with Crippen molar-refractivity contribution < 1.29 is 18.4 Å². The first kappa shape index (κ1) is 21.6. The molecule has 1 unspecified atom stereocenters. The quantitative estimate of drug-likeness (QED) is 0.584. The van der Waals surface area contributed by atoms with E-state index < -0.39 is 0 Å². The second-order valence-electron chi connectivity index (χ2n) is 8.68. The number of anilines is 1. The molecule has 3 heterocycles. The van der Waals surface area contributed by atoms with Crippen LogP contribution in [0.3, 0.4) is 0 Å². The SMILES string of the molecule is COc1ccc2c(c1)CCCN2C(=O)CN1CCCC(c2nc(-c3ccc(F)cc3)no2)C1. The first-order valence-corrected chi connectivity index (χ1v) is 11.4. The van der Waals surface area contributed by atoms with Crippen LogP contribution >= 0.6 is 0 Å². The van der Waals surface area contributed by atoms with E-state index in [0.29, 0.717) is 24.8 Å². The maximum Gasteiger partial charge on any atom is 0.241 e. The zero-order chi connectivity index (χ0) is 22.8. The minimum Gasteiger partial charge on any atom is -0.497 e. The molecule has 3 aromatic rings. The molecule has 7 nitrogen and oxygen atoms in total. The number of aromatic nitrogens is 2. The summed E-state index contributed by atoms with van der Waals surface area (Å²) in [5.41, 5.74) is 2.86. The molecule has 5 rings (SSSR count). The largest absolute Gasteiger partial charge is 0.497 e. The van der Waals surface area contributed by atoms with Gasteiger partial charge in [-0.05, 0) is 80.3 Å². The van der Waals surface area contributed by atoms with Crippen LogP contribution in [0.4, 0.5) is 10.1 Å². The third-order valence-corrected chi connectivity index (χ3v) is 6.46. The summed E-state index contributed by atoms with van der Waals surface area (Å²) in [6, 6.07) is 12.0. The molecule has 33 heavy (non-hydrogen) atoms. The molecule has 172 valence electrons. The highest BCUT2D eigenvalue weighted by Crippen LogP contribution is 2.32. The fraction of sp³-hybridized carbons (Fsp3) is 0.400. The summed E-state index contributed by atoms with van der Waals surface area (Å²) in [6.07, 6.45) is 3.79. The second-order valence-corrected chi connectivity index (χ2v) is 8.68. The van der Waals surface area contributed by atoms with E-state index in [-0.39, 0.29) is 17.6 Å². The van der Waals surface area contributed by atoms with Crippen LogP contribution in [-0.2, 0) is 11.2 Å². The van der Waals surface area contributed by atoms with Crippen LogP contribution < -0.4 is 9.64 Å². The minimum absolute atomic E-state index is 0.0751. The average molecular weight is 451 g/mol. The Labute approximate surface area is 192 Å². The average Bonchev–Trinajstić information content (AvgIpc) is 3.34. The number of likely N-dealkylation sites (tertiary alicyclic amines) is 1. The Morgan fingerprint density at radius 1 is 1.18 bits per heavy atom. The first-order chi connectivity index (χ1) is 16.1. The number of methoxy groups -OCH3 is 1. The molecule has 0 saturated carbocycles. The van der Waals surface area contributed by atoms with E-state index in [1.165, 1.54) is 12.1 Å². The molecule has 1 saturated heterocycles. The summed E-state index contributed by atoms with van der Waals surface area (Å²) in [7, 11) is 1.66. The Kier molecular flexibility index (Phi) is 6.09. The van der Waals surface area contributed by atoms with E-state index in [1.54, 1.807) is 19.2 Å². The van der Waals surface area contributed by atoms with Crippen LogP contribution in [0, 0.1) is 5.82 Å². The Bertz CT molecular complexity index is 1130. The molecule has 0 bridgehead atoms. The standard InChI is InChI=1S/C25H27FN4O3/c1-32-21-10-11-22-18(14-21)4-3-13-30(22)23(31)16-29-12-2-5-19(15-29)25-27-24(28-33-25)17-6-8-20(26)9-7-17/h6-11,14,19H,2-5,12-13,15-16H2,1H3. The molecule has 0 spiro atoms. The monoisotopic (exact) mass is 450 g/mol. The van der Waals surface area contributed by atoms with E-state index in [2.05, 4.69) is 15.0 Å². The number of fused-ring (bicyclic) bond motifs is 1. The van der Waals surface area contributed by atoms with Gasteiger partial charge in [-0.2, -0.15) is 4.98 Å². The number of amides is 1. The number of hydrogen-bond donors (Lipinski definition) is 0. The van der Waals surface area contributed by atoms with Gasteiger partial charge in [-0.1, -0.05) is 5.16 Å². The van der Waals surface area contributed by atoms with Crippen molar-refractivity contribution in [3.8, 4) is 17.1 Å². The molecular weight excluding hydrogens is 423 g/mol. The number of halogens is 1. The van der Waals surface area contributed by atoms with Crippen LogP contribution in [0.2, 0.25) is 0 Å². The fourth-order valence-corrected chi connectivity index (χ4v) is 4.75. The highest BCUT2D eigenvalue weighted by molar-refractivity contribution is 5.96. The Morgan fingerprint density at radius 2 is 2.03 bits per heavy atom.